The number of aryl methyl sites for hydroxylation is 3. The van der Waals surface area contributed by atoms with Crippen LogP contribution in [0.5, 0.6) is 0 Å². The number of aromatic nitrogens is 2. The van der Waals surface area contributed by atoms with Crippen molar-refractivity contribution in [2.24, 2.45) is 0 Å². The Labute approximate surface area is 161 Å². The van der Waals surface area contributed by atoms with Gasteiger partial charge in [0.15, 0.2) is 5.89 Å². The highest BCUT2D eigenvalue weighted by Crippen LogP contribution is 2.26. The minimum Gasteiger partial charge on any atom is -0.440 e. The molecule has 8 heteroatoms. The van der Waals surface area contributed by atoms with E-state index < -0.39 is 0 Å². The maximum Gasteiger partial charge on any atom is 0.291 e. The van der Waals surface area contributed by atoms with E-state index in [0.717, 1.165) is 36.0 Å². The minimum absolute atomic E-state index is 0.0784. The molecule has 1 amide bonds. The number of hydrogen-bond acceptors (Lipinski definition) is 7. The number of carbonyl (C=O) groups is 1. The van der Waals surface area contributed by atoms with Gasteiger partial charge in [-0.1, -0.05) is 6.07 Å². The first-order valence-corrected chi connectivity index (χ1v) is 9.85. The molecule has 4 heterocycles. The van der Waals surface area contributed by atoms with E-state index >= 15 is 0 Å². The Balaban J connectivity index is 1.37. The Hall–Kier alpha value is -2.45. The number of oxazole rings is 2. The third-order valence-electron chi connectivity index (χ3n) is 4.76. The van der Waals surface area contributed by atoms with Crippen molar-refractivity contribution < 1.29 is 13.6 Å². The second kappa shape index (κ2) is 7.28. The van der Waals surface area contributed by atoms with E-state index in [1.54, 1.807) is 25.2 Å². The van der Waals surface area contributed by atoms with Gasteiger partial charge in [-0.3, -0.25) is 9.69 Å². The van der Waals surface area contributed by atoms with Crippen LogP contribution in [-0.2, 0) is 6.54 Å². The highest BCUT2D eigenvalue weighted by Gasteiger charge is 2.27. The molecule has 1 fully saturated rings. The molecule has 3 aromatic rings. The lowest BCUT2D eigenvalue weighted by Gasteiger charge is -2.33. The minimum atomic E-state index is -0.0784. The van der Waals surface area contributed by atoms with Gasteiger partial charge in [-0.2, -0.15) is 0 Å². The molecule has 0 aromatic carbocycles. The Morgan fingerprint density at radius 3 is 2.56 bits per heavy atom. The molecule has 0 radical (unpaired) electrons. The standard InChI is InChI=1S/C19H22N4O3S/c1-12-17(26-14(3)20-12)19(24)23-8-6-22(7-9-23)11-15-13(2)25-18(21-15)16-5-4-10-27-16/h4-5,10H,6-9,11H2,1-3H3. The summed E-state index contributed by atoms with van der Waals surface area (Å²) in [6, 6.07) is 4.00. The van der Waals surface area contributed by atoms with Gasteiger partial charge in [0.25, 0.3) is 5.91 Å². The highest BCUT2D eigenvalue weighted by atomic mass is 32.1. The normalized spacial score (nSPS) is 15.4. The van der Waals surface area contributed by atoms with Crippen molar-refractivity contribution in [3.05, 3.63) is 46.3 Å². The van der Waals surface area contributed by atoms with Gasteiger partial charge in [0, 0.05) is 39.6 Å². The number of rotatable bonds is 4. The molecular formula is C19H22N4O3S. The molecule has 0 spiro atoms. The first-order valence-electron chi connectivity index (χ1n) is 8.97. The molecule has 0 N–H and O–H groups in total. The van der Waals surface area contributed by atoms with Gasteiger partial charge in [0.2, 0.25) is 11.7 Å². The molecule has 4 rings (SSSR count). The van der Waals surface area contributed by atoms with E-state index in [9.17, 15) is 4.79 Å². The van der Waals surface area contributed by atoms with E-state index in [1.807, 2.05) is 29.3 Å². The van der Waals surface area contributed by atoms with Gasteiger partial charge < -0.3 is 13.7 Å². The van der Waals surface area contributed by atoms with Crippen LogP contribution in [0.25, 0.3) is 10.8 Å². The summed E-state index contributed by atoms with van der Waals surface area (Å²) in [5, 5.41) is 2.02. The molecule has 27 heavy (non-hydrogen) atoms. The largest absolute Gasteiger partial charge is 0.440 e. The third kappa shape index (κ3) is 3.68. The molecule has 0 bridgehead atoms. The fourth-order valence-electron chi connectivity index (χ4n) is 3.27. The fourth-order valence-corrected chi connectivity index (χ4v) is 3.92. The molecule has 1 aliphatic heterocycles. The van der Waals surface area contributed by atoms with Crippen molar-refractivity contribution in [1.82, 2.24) is 19.8 Å². The molecule has 3 aromatic heterocycles. The lowest BCUT2D eigenvalue weighted by Crippen LogP contribution is -2.48. The summed E-state index contributed by atoms with van der Waals surface area (Å²) in [4.78, 5) is 26.7. The van der Waals surface area contributed by atoms with Gasteiger partial charge >= 0.3 is 0 Å². The Morgan fingerprint density at radius 2 is 1.93 bits per heavy atom. The molecule has 0 atom stereocenters. The van der Waals surface area contributed by atoms with Gasteiger partial charge in [-0.15, -0.1) is 11.3 Å². The van der Waals surface area contributed by atoms with Crippen molar-refractivity contribution in [2.45, 2.75) is 27.3 Å². The van der Waals surface area contributed by atoms with E-state index in [4.69, 9.17) is 8.83 Å². The van der Waals surface area contributed by atoms with E-state index in [0.29, 0.717) is 36.3 Å². The van der Waals surface area contributed by atoms with E-state index in [2.05, 4.69) is 14.9 Å². The molecule has 1 aliphatic rings. The Bertz CT molecular complexity index is 936. The second-order valence-corrected chi connectivity index (χ2v) is 7.66. The summed E-state index contributed by atoms with van der Waals surface area (Å²) in [6.45, 7) is 9.14. The Kier molecular flexibility index (Phi) is 4.84. The molecule has 142 valence electrons. The topological polar surface area (TPSA) is 75.6 Å². The van der Waals surface area contributed by atoms with Crippen molar-refractivity contribution in [2.75, 3.05) is 26.2 Å². The molecule has 0 unspecified atom stereocenters. The van der Waals surface area contributed by atoms with Crippen molar-refractivity contribution in [3.63, 3.8) is 0 Å². The highest BCUT2D eigenvalue weighted by molar-refractivity contribution is 7.13. The van der Waals surface area contributed by atoms with Crippen LogP contribution in [0.4, 0.5) is 0 Å². The van der Waals surface area contributed by atoms with E-state index in [1.165, 1.54) is 0 Å². The van der Waals surface area contributed by atoms with Crippen LogP contribution in [0.1, 0.15) is 33.6 Å². The van der Waals surface area contributed by atoms with Crippen molar-refractivity contribution in [3.8, 4) is 10.8 Å². The molecule has 7 nitrogen and oxygen atoms in total. The van der Waals surface area contributed by atoms with Gasteiger partial charge in [0.05, 0.1) is 16.3 Å². The average molecular weight is 386 g/mol. The first-order chi connectivity index (χ1) is 13.0. The second-order valence-electron chi connectivity index (χ2n) is 6.71. The maximum atomic E-state index is 12.6. The summed E-state index contributed by atoms with van der Waals surface area (Å²) in [5.74, 6) is 2.34. The van der Waals surface area contributed by atoms with Crippen molar-refractivity contribution in [1.29, 1.82) is 0 Å². The van der Waals surface area contributed by atoms with Crippen LogP contribution in [0.15, 0.2) is 26.3 Å². The number of nitrogens with zero attached hydrogens (tertiary/aromatic N) is 4. The Morgan fingerprint density at radius 1 is 1.15 bits per heavy atom. The zero-order chi connectivity index (χ0) is 19.0. The molecule has 1 saturated heterocycles. The SMILES string of the molecule is Cc1nc(C)c(C(=O)N2CCN(Cc3nc(-c4cccs4)oc3C)CC2)o1. The quantitative estimate of drug-likeness (QED) is 0.685. The predicted octanol–water partition coefficient (Wildman–Crippen LogP) is 3.27. The predicted molar refractivity (Wildman–Crippen MR) is 102 cm³/mol. The zero-order valence-corrected chi connectivity index (χ0v) is 16.5. The summed E-state index contributed by atoms with van der Waals surface area (Å²) in [7, 11) is 0. The smallest absolute Gasteiger partial charge is 0.291 e. The van der Waals surface area contributed by atoms with Crippen LogP contribution < -0.4 is 0 Å². The van der Waals surface area contributed by atoms with Crippen molar-refractivity contribution >= 4 is 17.2 Å². The van der Waals surface area contributed by atoms with Crippen LogP contribution >= 0.6 is 11.3 Å². The lowest BCUT2D eigenvalue weighted by molar-refractivity contribution is 0.0593. The monoisotopic (exact) mass is 386 g/mol. The summed E-state index contributed by atoms with van der Waals surface area (Å²) >= 11 is 1.62. The molecular weight excluding hydrogens is 364 g/mol. The summed E-state index contributed by atoms with van der Waals surface area (Å²) < 4.78 is 11.3. The molecule has 0 saturated carbocycles. The fraction of sp³-hybridized carbons (Fsp3) is 0.421. The summed E-state index contributed by atoms with van der Waals surface area (Å²) in [6.07, 6.45) is 0. The average Bonchev–Trinajstić information content (AvgIpc) is 3.37. The third-order valence-corrected chi connectivity index (χ3v) is 5.61. The van der Waals surface area contributed by atoms with Crippen LogP contribution in [0.2, 0.25) is 0 Å². The van der Waals surface area contributed by atoms with Gasteiger partial charge in [0.1, 0.15) is 5.76 Å². The lowest BCUT2D eigenvalue weighted by atomic mass is 10.2. The number of thiophene rings is 1. The number of carbonyl (C=O) groups excluding carboxylic acids is 1. The van der Waals surface area contributed by atoms with Crippen LogP contribution in [0.3, 0.4) is 0 Å². The number of piperazine rings is 1. The number of amides is 1. The first kappa shape index (κ1) is 17.9. The van der Waals surface area contributed by atoms with Gasteiger partial charge in [-0.05, 0) is 25.3 Å². The van der Waals surface area contributed by atoms with Crippen LogP contribution in [0, 0.1) is 20.8 Å². The van der Waals surface area contributed by atoms with Gasteiger partial charge in [-0.25, -0.2) is 9.97 Å². The molecule has 0 aliphatic carbocycles. The zero-order valence-electron chi connectivity index (χ0n) is 15.7. The summed E-state index contributed by atoms with van der Waals surface area (Å²) in [5.41, 5.74) is 1.61. The number of hydrogen-bond donors (Lipinski definition) is 0. The van der Waals surface area contributed by atoms with Crippen LogP contribution in [-0.4, -0.2) is 51.9 Å². The van der Waals surface area contributed by atoms with E-state index in [-0.39, 0.29) is 5.91 Å². The maximum absolute atomic E-state index is 12.6.